The zero-order valence-corrected chi connectivity index (χ0v) is 13.8. The highest BCUT2D eigenvalue weighted by Gasteiger charge is 2.15. The lowest BCUT2D eigenvalue weighted by Crippen LogP contribution is -2.40. The van der Waals surface area contributed by atoms with E-state index in [1.54, 1.807) is 7.11 Å². The summed E-state index contributed by atoms with van der Waals surface area (Å²) in [5, 5.41) is 3.36. The Kier molecular flexibility index (Phi) is 6.37. The number of aliphatic imine (C=N–C) groups is 1. The fourth-order valence-electron chi connectivity index (χ4n) is 2.49. The minimum atomic E-state index is 0.0321. The summed E-state index contributed by atoms with van der Waals surface area (Å²) in [6.07, 6.45) is 2.54. The minimum Gasteiger partial charge on any atom is -0.497 e. The fraction of sp³-hybridized carbons (Fsp3) is 0.588. The second kappa shape index (κ2) is 8.51. The zero-order valence-electron chi connectivity index (χ0n) is 13.8. The molecule has 0 spiro atoms. The van der Waals surface area contributed by atoms with Crippen molar-refractivity contribution >= 4 is 5.96 Å². The van der Waals surface area contributed by atoms with Crippen molar-refractivity contribution in [2.24, 2.45) is 4.99 Å². The molecule has 1 atom stereocenters. The summed E-state index contributed by atoms with van der Waals surface area (Å²) in [7, 11) is 1.66. The molecular formula is C17H27N3O2. The lowest BCUT2D eigenvalue weighted by Gasteiger charge is -2.21. The van der Waals surface area contributed by atoms with E-state index in [1.165, 1.54) is 12.8 Å². The standard InChI is InChI=1S/C17H27N3O2/c1-4-18-17(20-11-5-6-12-20)19-13-14(2)22-16-9-7-15(21-3)8-10-16/h7-10,14H,4-6,11-13H2,1-3H3,(H,18,19). The van der Waals surface area contributed by atoms with Crippen molar-refractivity contribution in [3.8, 4) is 11.5 Å². The van der Waals surface area contributed by atoms with Crippen molar-refractivity contribution in [3.05, 3.63) is 24.3 Å². The molecule has 1 saturated heterocycles. The maximum atomic E-state index is 5.90. The quantitative estimate of drug-likeness (QED) is 0.648. The molecule has 1 unspecified atom stereocenters. The van der Waals surface area contributed by atoms with Crippen molar-refractivity contribution in [3.63, 3.8) is 0 Å². The molecule has 1 aliphatic rings. The molecule has 2 rings (SSSR count). The number of guanidine groups is 1. The number of hydrogen-bond acceptors (Lipinski definition) is 3. The SMILES string of the molecule is CCNC(=NCC(C)Oc1ccc(OC)cc1)N1CCCC1. The Morgan fingerprint density at radius 2 is 1.86 bits per heavy atom. The number of methoxy groups -OCH3 is 1. The highest BCUT2D eigenvalue weighted by Crippen LogP contribution is 2.18. The van der Waals surface area contributed by atoms with Crippen LogP contribution in [-0.2, 0) is 0 Å². The molecule has 0 amide bonds. The van der Waals surface area contributed by atoms with Crippen LogP contribution in [0.2, 0.25) is 0 Å². The third-order valence-corrected chi connectivity index (χ3v) is 3.64. The van der Waals surface area contributed by atoms with E-state index in [9.17, 15) is 0 Å². The Bertz CT molecular complexity index is 467. The van der Waals surface area contributed by atoms with Gasteiger partial charge in [-0.3, -0.25) is 0 Å². The molecule has 0 radical (unpaired) electrons. The molecule has 1 N–H and O–H groups in total. The van der Waals surface area contributed by atoms with Gasteiger partial charge in [-0.1, -0.05) is 0 Å². The topological polar surface area (TPSA) is 46.1 Å². The number of rotatable bonds is 6. The summed E-state index contributed by atoms with van der Waals surface area (Å²) < 4.78 is 11.0. The summed E-state index contributed by atoms with van der Waals surface area (Å²) in [4.78, 5) is 7.03. The second-order valence-corrected chi connectivity index (χ2v) is 5.49. The van der Waals surface area contributed by atoms with E-state index < -0.39 is 0 Å². The van der Waals surface area contributed by atoms with E-state index in [0.717, 1.165) is 37.1 Å². The Morgan fingerprint density at radius 1 is 1.23 bits per heavy atom. The smallest absolute Gasteiger partial charge is 0.194 e. The third-order valence-electron chi connectivity index (χ3n) is 3.64. The summed E-state index contributed by atoms with van der Waals surface area (Å²) in [6.45, 7) is 7.87. The number of nitrogens with zero attached hydrogens (tertiary/aromatic N) is 2. The van der Waals surface area contributed by atoms with Crippen LogP contribution >= 0.6 is 0 Å². The maximum absolute atomic E-state index is 5.90. The van der Waals surface area contributed by atoms with Gasteiger partial charge in [-0.15, -0.1) is 0 Å². The molecule has 122 valence electrons. The van der Waals surface area contributed by atoms with E-state index in [0.29, 0.717) is 6.54 Å². The molecule has 1 aromatic rings. The summed E-state index contributed by atoms with van der Waals surface area (Å²) in [5.41, 5.74) is 0. The molecule has 1 aromatic carbocycles. The Labute approximate surface area is 133 Å². The van der Waals surface area contributed by atoms with E-state index in [2.05, 4.69) is 17.1 Å². The molecular weight excluding hydrogens is 278 g/mol. The third kappa shape index (κ3) is 4.83. The molecule has 5 nitrogen and oxygen atoms in total. The van der Waals surface area contributed by atoms with E-state index >= 15 is 0 Å². The van der Waals surface area contributed by atoms with Gasteiger partial charge in [0.25, 0.3) is 0 Å². The van der Waals surface area contributed by atoms with Gasteiger partial charge in [0.05, 0.1) is 13.7 Å². The average Bonchev–Trinajstić information content (AvgIpc) is 3.06. The molecule has 1 fully saturated rings. The van der Waals surface area contributed by atoms with Gasteiger partial charge in [0.2, 0.25) is 0 Å². The average molecular weight is 305 g/mol. The lowest BCUT2D eigenvalue weighted by atomic mass is 10.3. The van der Waals surface area contributed by atoms with Crippen LogP contribution in [0.15, 0.2) is 29.3 Å². The molecule has 5 heteroatoms. The molecule has 22 heavy (non-hydrogen) atoms. The summed E-state index contributed by atoms with van der Waals surface area (Å²) >= 11 is 0. The van der Waals surface area contributed by atoms with Gasteiger partial charge in [0, 0.05) is 19.6 Å². The van der Waals surface area contributed by atoms with Gasteiger partial charge >= 0.3 is 0 Å². The van der Waals surface area contributed by atoms with Gasteiger partial charge in [0.1, 0.15) is 17.6 Å². The van der Waals surface area contributed by atoms with E-state index in [1.807, 2.05) is 31.2 Å². The van der Waals surface area contributed by atoms with Crippen LogP contribution in [0.3, 0.4) is 0 Å². The highest BCUT2D eigenvalue weighted by molar-refractivity contribution is 5.80. The van der Waals surface area contributed by atoms with Gasteiger partial charge in [-0.2, -0.15) is 0 Å². The number of likely N-dealkylation sites (tertiary alicyclic amines) is 1. The van der Waals surface area contributed by atoms with Crippen LogP contribution in [0.4, 0.5) is 0 Å². The Hall–Kier alpha value is -1.91. The summed E-state index contributed by atoms with van der Waals surface area (Å²) in [6, 6.07) is 7.65. The molecule has 1 aliphatic heterocycles. The van der Waals surface area contributed by atoms with Gasteiger partial charge < -0.3 is 19.7 Å². The Balaban J connectivity index is 1.88. The van der Waals surface area contributed by atoms with Crippen LogP contribution in [0, 0.1) is 0 Å². The Morgan fingerprint density at radius 3 is 2.45 bits per heavy atom. The first kappa shape index (κ1) is 16.5. The zero-order chi connectivity index (χ0) is 15.8. The second-order valence-electron chi connectivity index (χ2n) is 5.49. The number of nitrogens with one attached hydrogen (secondary N) is 1. The van der Waals surface area contributed by atoms with E-state index in [-0.39, 0.29) is 6.10 Å². The van der Waals surface area contributed by atoms with Crippen molar-refractivity contribution in [2.45, 2.75) is 32.8 Å². The fourth-order valence-corrected chi connectivity index (χ4v) is 2.49. The van der Waals surface area contributed by atoms with Gasteiger partial charge in [0.15, 0.2) is 5.96 Å². The molecule has 1 heterocycles. The number of benzene rings is 1. The first-order chi connectivity index (χ1) is 10.7. The monoisotopic (exact) mass is 305 g/mol. The van der Waals surface area contributed by atoms with Crippen molar-refractivity contribution in [1.29, 1.82) is 0 Å². The molecule has 0 saturated carbocycles. The highest BCUT2D eigenvalue weighted by atomic mass is 16.5. The van der Waals surface area contributed by atoms with Crippen LogP contribution in [0.25, 0.3) is 0 Å². The minimum absolute atomic E-state index is 0.0321. The molecule has 0 aromatic heterocycles. The van der Waals surface area contributed by atoms with Crippen LogP contribution in [0.1, 0.15) is 26.7 Å². The number of hydrogen-bond donors (Lipinski definition) is 1. The van der Waals surface area contributed by atoms with Crippen molar-refractivity contribution in [2.75, 3.05) is 33.3 Å². The van der Waals surface area contributed by atoms with Gasteiger partial charge in [-0.25, -0.2) is 4.99 Å². The maximum Gasteiger partial charge on any atom is 0.194 e. The lowest BCUT2D eigenvalue weighted by molar-refractivity contribution is 0.229. The van der Waals surface area contributed by atoms with Crippen LogP contribution in [-0.4, -0.2) is 50.3 Å². The largest absolute Gasteiger partial charge is 0.497 e. The van der Waals surface area contributed by atoms with E-state index in [4.69, 9.17) is 14.5 Å². The van der Waals surface area contributed by atoms with Gasteiger partial charge in [-0.05, 0) is 51.0 Å². The van der Waals surface area contributed by atoms with Crippen molar-refractivity contribution < 1.29 is 9.47 Å². The summed E-state index contributed by atoms with van der Waals surface area (Å²) in [5.74, 6) is 2.68. The normalized spacial score (nSPS) is 16.5. The van der Waals surface area contributed by atoms with Crippen molar-refractivity contribution in [1.82, 2.24) is 10.2 Å². The first-order valence-electron chi connectivity index (χ1n) is 8.07. The van der Waals surface area contributed by atoms with Crippen LogP contribution in [0.5, 0.6) is 11.5 Å². The predicted octanol–water partition coefficient (Wildman–Crippen LogP) is 2.52. The predicted molar refractivity (Wildman–Crippen MR) is 89.9 cm³/mol. The first-order valence-corrected chi connectivity index (χ1v) is 8.07. The van der Waals surface area contributed by atoms with Crippen LogP contribution < -0.4 is 14.8 Å². The molecule has 0 aliphatic carbocycles. The number of ether oxygens (including phenoxy) is 2. The molecule has 0 bridgehead atoms.